The third-order valence-electron chi connectivity index (χ3n) is 4.30. The van der Waals surface area contributed by atoms with Crippen molar-refractivity contribution in [1.29, 1.82) is 0 Å². The minimum Gasteiger partial charge on any atom is -0.351 e. The Bertz CT molecular complexity index is 893. The van der Waals surface area contributed by atoms with Gasteiger partial charge >= 0.3 is 0 Å². The van der Waals surface area contributed by atoms with Crippen LogP contribution >= 0.6 is 0 Å². The average Bonchev–Trinajstić information content (AvgIpc) is 3.23. The van der Waals surface area contributed by atoms with Crippen molar-refractivity contribution in [2.45, 2.75) is 0 Å². The number of amides is 1. The molecule has 4 rings (SSSR count). The van der Waals surface area contributed by atoms with E-state index in [4.69, 9.17) is 0 Å². The lowest BCUT2D eigenvalue weighted by Crippen LogP contribution is -2.49. The summed E-state index contributed by atoms with van der Waals surface area (Å²) < 4.78 is 15.0. The van der Waals surface area contributed by atoms with Gasteiger partial charge in [-0.1, -0.05) is 30.3 Å². The topological polar surface area (TPSA) is 90.9 Å². The van der Waals surface area contributed by atoms with Crippen LogP contribution in [0.2, 0.25) is 0 Å². The van der Waals surface area contributed by atoms with E-state index in [9.17, 15) is 9.18 Å². The summed E-state index contributed by atoms with van der Waals surface area (Å²) in [5, 5.41) is 6.26. The number of aromatic nitrogens is 5. The monoisotopic (exact) mass is 353 g/mol. The molecule has 3 aromatic rings. The number of rotatable bonds is 3. The minimum atomic E-state index is -0.450. The van der Waals surface area contributed by atoms with Crippen LogP contribution in [-0.2, 0) is 0 Å². The molecule has 0 aliphatic carbocycles. The number of H-pyrrole nitrogens is 1. The number of halogens is 1. The van der Waals surface area contributed by atoms with Crippen LogP contribution in [-0.4, -0.2) is 62.1 Å². The molecule has 1 fully saturated rings. The number of nitrogens with zero attached hydrogens (tertiary/aromatic N) is 6. The molecule has 26 heavy (non-hydrogen) atoms. The highest BCUT2D eigenvalue weighted by Gasteiger charge is 2.26. The molecule has 9 heteroatoms. The number of anilines is 1. The third kappa shape index (κ3) is 2.99. The van der Waals surface area contributed by atoms with E-state index in [1.807, 2.05) is 35.2 Å². The predicted octanol–water partition coefficient (Wildman–Crippen LogP) is 1.36. The van der Waals surface area contributed by atoms with E-state index in [1.54, 1.807) is 4.90 Å². The van der Waals surface area contributed by atoms with E-state index in [1.165, 1.54) is 12.7 Å². The van der Waals surface area contributed by atoms with Crippen molar-refractivity contribution in [3.8, 4) is 11.3 Å². The second-order valence-corrected chi connectivity index (χ2v) is 5.84. The molecule has 1 saturated heterocycles. The van der Waals surface area contributed by atoms with E-state index in [0.717, 1.165) is 0 Å². The van der Waals surface area contributed by atoms with Gasteiger partial charge in [0.1, 0.15) is 18.3 Å². The van der Waals surface area contributed by atoms with Crippen LogP contribution in [0, 0.1) is 5.82 Å². The van der Waals surface area contributed by atoms with Crippen molar-refractivity contribution >= 4 is 11.7 Å². The highest BCUT2D eigenvalue weighted by molar-refractivity contribution is 5.90. The first-order valence-corrected chi connectivity index (χ1v) is 8.19. The van der Waals surface area contributed by atoms with Gasteiger partial charge in [-0.3, -0.25) is 9.89 Å². The second-order valence-electron chi connectivity index (χ2n) is 5.84. The number of piperazine rings is 1. The van der Waals surface area contributed by atoms with Gasteiger partial charge in [-0.05, 0) is 0 Å². The Morgan fingerprint density at radius 1 is 1.00 bits per heavy atom. The maximum atomic E-state index is 15.0. The van der Waals surface area contributed by atoms with Crippen LogP contribution in [0.25, 0.3) is 11.3 Å². The van der Waals surface area contributed by atoms with Gasteiger partial charge in [0.25, 0.3) is 5.91 Å². The Morgan fingerprint density at radius 2 is 1.77 bits per heavy atom. The fourth-order valence-corrected chi connectivity index (χ4v) is 2.96. The predicted molar refractivity (Wildman–Crippen MR) is 91.9 cm³/mol. The Morgan fingerprint density at radius 3 is 2.46 bits per heavy atom. The second kappa shape index (κ2) is 6.87. The molecule has 0 radical (unpaired) electrons. The first-order chi connectivity index (χ1) is 12.7. The van der Waals surface area contributed by atoms with E-state index < -0.39 is 5.82 Å². The number of hydrogen-bond donors (Lipinski definition) is 1. The molecule has 3 heterocycles. The Kier molecular flexibility index (Phi) is 4.26. The van der Waals surface area contributed by atoms with Crippen LogP contribution in [0.15, 0.2) is 43.0 Å². The van der Waals surface area contributed by atoms with E-state index in [0.29, 0.717) is 31.7 Å². The highest BCUT2D eigenvalue weighted by Crippen LogP contribution is 2.26. The zero-order valence-electron chi connectivity index (χ0n) is 13.8. The molecular weight excluding hydrogens is 337 g/mol. The van der Waals surface area contributed by atoms with Gasteiger partial charge in [-0.15, -0.1) is 0 Å². The fourth-order valence-electron chi connectivity index (χ4n) is 2.96. The summed E-state index contributed by atoms with van der Waals surface area (Å²) in [5.74, 6) is -0.201. The molecule has 0 atom stereocenters. The Hall–Kier alpha value is -3.36. The van der Waals surface area contributed by atoms with Crippen molar-refractivity contribution in [2.24, 2.45) is 0 Å². The molecule has 8 nitrogen and oxygen atoms in total. The van der Waals surface area contributed by atoms with E-state index in [-0.39, 0.29) is 23.2 Å². The molecule has 0 saturated carbocycles. The van der Waals surface area contributed by atoms with Crippen LogP contribution < -0.4 is 4.90 Å². The maximum absolute atomic E-state index is 15.0. The van der Waals surface area contributed by atoms with Crippen molar-refractivity contribution < 1.29 is 9.18 Å². The SMILES string of the molecule is O=C(c1ncn[nH]1)N1CCN(c2ncnc(-c3ccccc3)c2F)CC1. The van der Waals surface area contributed by atoms with Crippen molar-refractivity contribution in [1.82, 2.24) is 30.0 Å². The van der Waals surface area contributed by atoms with E-state index in [2.05, 4.69) is 25.1 Å². The summed E-state index contributed by atoms with van der Waals surface area (Å²) in [5.41, 5.74) is 0.976. The Labute approximate surface area is 148 Å². The normalized spacial score (nSPS) is 14.5. The minimum absolute atomic E-state index is 0.207. The number of aromatic amines is 1. The zero-order chi connectivity index (χ0) is 17.9. The largest absolute Gasteiger partial charge is 0.351 e. The summed E-state index contributed by atoms with van der Waals surface area (Å²) >= 11 is 0. The number of carbonyl (C=O) groups excluding carboxylic acids is 1. The van der Waals surface area contributed by atoms with E-state index >= 15 is 0 Å². The van der Waals surface area contributed by atoms with Crippen LogP contribution in [0.4, 0.5) is 10.2 Å². The smallest absolute Gasteiger partial charge is 0.291 e. The number of benzene rings is 1. The third-order valence-corrected chi connectivity index (χ3v) is 4.30. The van der Waals surface area contributed by atoms with Gasteiger partial charge in [-0.25, -0.2) is 19.3 Å². The van der Waals surface area contributed by atoms with Gasteiger partial charge in [0.05, 0.1) is 0 Å². The summed E-state index contributed by atoms with van der Waals surface area (Å²) in [6, 6.07) is 9.16. The van der Waals surface area contributed by atoms with Gasteiger partial charge in [0, 0.05) is 31.7 Å². The molecule has 1 aliphatic heterocycles. The van der Waals surface area contributed by atoms with Gasteiger partial charge in [0.2, 0.25) is 5.82 Å². The maximum Gasteiger partial charge on any atom is 0.291 e. The van der Waals surface area contributed by atoms with Crippen molar-refractivity contribution in [2.75, 3.05) is 31.1 Å². The molecule has 0 spiro atoms. The summed E-state index contributed by atoms with van der Waals surface area (Å²) in [6.07, 6.45) is 2.66. The van der Waals surface area contributed by atoms with Gasteiger partial charge < -0.3 is 9.80 Å². The lowest BCUT2D eigenvalue weighted by molar-refractivity contribution is 0.0734. The summed E-state index contributed by atoms with van der Waals surface area (Å²) in [4.78, 5) is 27.8. The first kappa shape index (κ1) is 16.1. The number of nitrogens with one attached hydrogen (secondary N) is 1. The number of hydrogen-bond acceptors (Lipinski definition) is 6. The quantitative estimate of drug-likeness (QED) is 0.765. The zero-order valence-corrected chi connectivity index (χ0v) is 13.8. The van der Waals surface area contributed by atoms with Crippen LogP contribution in [0.3, 0.4) is 0 Å². The molecule has 0 unspecified atom stereocenters. The average molecular weight is 353 g/mol. The van der Waals surface area contributed by atoms with Gasteiger partial charge in [-0.2, -0.15) is 5.10 Å². The summed E-state index contributed by atoms with van der Waals surface area (Å²) in [6.45, 7) is 1.84. The molecule has 2 aromatic heterocycles. The molecule has 1 amide bonds. The molecule has 132 valence electrons. The standard InChI is InChI=1S/C17H16FN7O/c18-13-14(12-4-2-1-3-5-12)19-10-21-16(13)24-6-8-25(9-7-24)17(26)15-20-11-22-23-15/h1-5,10-11H,6-9H2,(H,20,22,23). The lowest BCUT2D eigenvalue weighted by atomic mass is 10.1. The van der Waals surface area contributed by atoms with Crippen molar-refractivity contribution in [3.05, 3.63) is 54.6 Å². The molecule has 1 aromatic carbocycles. The highest BCUT2D eigenvalue weighted by atomic mass is 19.1. The van der Waals surface area contributed by atoms with Crippen molar-refractivity contribution in [3.63, 3.8) is 0 Å². The summed E-state index contributed by atoms with van der Waals surface area (Å²) in [7, 11) is 0. The molecule has 1 N–H and O–H groups in total. The number of carbonyl (C=O) groups is 1. The van der Waals surface area contributed by atoms with Crippen LogP contribution in [0.5, 0.6) is 0 Å². The molecule has 1 aliphatic rings. The molecular formula is C17H16FN7O. The van der Waals surface area contributed by atoms with Gasteiger partial charge in [0.15, 0.2) is 11.6 Å². The first-order valence-electron chi connectivity index (χ1n) is 8.19. The lowest BCUT2D eigenvalue weighted by Gasteiger charge is -2.35. The molecule has 0 bridgehead atoms. The van der Waals surface area contributed by atoms with Crippen LogP contribution in [0.1, 0.15) is 10.6 Å². The fraction of sp³-hybridized carbons (Fsp3) is 0.235. The Balaban J connectivity index is 1.51.